The van der Waals surface area contributed by atoms with Crippen molar-refractivity contribution < 1.29 is 14.2 Å². The molecule has 0 saturated heterocycles. The van der Waals surface area contributed by atoms with Crippen LogP contribution in [0, 0.1) is 0 Å². The number of para-hydroxylation sites is 1. The SMILES string of the molecule is COc1ccc(C2=C[C@@H](c3cccc(OC)c3OC)n3nnnc3N2)cc1. The Balaban J connectivity index is 1.82. The predicted octanol–water partition coefficient (Wildman–Crippen LogP) is 2.75. The van der Waals surface area contributed by atoms with Gasteiger partial charge in [-0.2, -0.15) is 4.68 Å². The number of fused-ring (bicyclic) bond motifs is 1. The van der Waals surface area contributed by atoms with Crippen LogP contribution in [-0.2, 0) is 0 Å². The third kappa shape index (κ3) is 2.95. The van der Waals surface area contributed by atoms with Crippen LogP contribution in [0.2, 0.25) is 0 Å². The zero-order chi connectivity index (χ0) is 18.8. The van der Waals surface area contributed by atoms with Gasteiger partial charge >= 0.3 is 0 Å². The van der Waals surface area contributed by atoms with Gasteiger partial charge in [0.25, 0.3) is 0 Å². The molecular formula is C19H19N5O3. The molecule has 0 amide bonds. The van der Waals surface area contributed by atoms with Crippen LogP contribution >= 0.6 is 0 Å². The molecule has 0 spiro atoms. The first-order valence-electron chi connectivity index (χ1n) is 8.37. The van der Waals surface area contributed by atoms with E-state index >= 15 is 0 Å². The van der Waals surface area contributed by atoms with Crippen molar-refractivity contribution in [2.75, 3.05) is 26.6 Å². The summed E-state index contributed by atoms with van der Waals surface area (Å²) in [6.07, 6.45) is 2.06. The van der Waals surface area contributed by atoms with Gasteiger partial charge in [0.15, 0.2) is 11.5 Å². The monoisotopic (exact) mass is 365 g/mol. The lowest BCUT2D eigenvalue weighted by atomic mass is 10.0. The molecule has 1 aliphatic rings. The molecule has 3 aromatic rings. The molecule has 0 unspecified atom stereocenters. The molecule has 8 heteroatoms. The molecule has 27 heavy (non-hydrogen) atoms. The number of nitrogens with zero attached hydrogens (tertiary/aromatic N) is 4. The number of anilines is 1. The molecular weight excluding hydrogens is 346 g/mol. The van der Waals surface area contributed by atoms with E-state index in [1.807, 2.05) is 42.5 Å². The first-order chi connectivity index (χ1) is 13.2. The fraction of sp³-hybridized carbons (Fsp3) is 0.211. The van der Waals surface area contributed by atoms with E-state index in [2.05, 4.69) is 26.9 Å². The van der Waals surface area contributed by atoms with Gasteiger partial charge in [-0.25, -0.2) is 0 Å². The maximum Gasteiger partial charge on any atom is 0.248 e. The van der Waals surface area contributed by atoms with Crippen LogP contribution < -0.4 is 19.5 Å². The van der Waals surface area contributed by atoms with Crippen LogP contribution in [0.5, 0.6) is 17.2 Å². The summed E-state index contributed by atoms with van der Waals surface area (Å²) in [7, 11) is 4.88. The molecule has 0 bridgehead atoms. The highest BCUT2D eigenvalue weighted by atomic mass is 16.5. The van der Waals surface area contributed by atoms with Crippen LogP contribution in [0.25, 0.3) is 5.70 Å². The van der Waals surface area contributed by atoms with Gasteiger partial charge in [0.1, 0.15) is 11.8 Å². The van der Waals surface area contributed by atoms with E-state index < -0.39 is 0 Å². The van der Waals surface area contributed by atoms with E-state index in [1.165, 1.54) is 0 Å². The van der Waals surface area contributed by atoms with Crippen molar-refractivity contribution in [3.05, 3.63) is 59.7 Å². The number of nitrogens with one attached hydrogen (secondary N) is 1. The Hall–Kier alpha value is -3.55. The van der Waals surface area contributed by atoms with Crippen molar-refractivity contribution in [1.29, 1.82) is 0 Å². The molecule has 1 aromatic heterocycles. The molecule has 0 aliphatic carbocycles. The summed E-state index contributed by atoms with van der Waals surface area (Å²) in [5, 5.41) is 15.3. The van der Waals surface area contributed by atoms with Crippen molar-refractivity contribution in [3.63, 3.8) is 0 Å². The molecule has 2 heterocycles. The van der Waals surface area contributed by atoms with Gasteiger partial charge in [0.05, 0.1) is 21.3 Å². The molecule has 0 radical (unpaired) electrons. The molecule has 0 fully saturated rings. The number of tetrazole rings is 1. The highest BCUT2D eigenvalue weighted by Gasteiger charge is 2.27. The minimum absolute atomic E-state index is 0.251. The summed E-state index contributed by atoms with van der Waals surface area (Å²) < 4.78 is 18.0. The quantitative estimate of drug-likeness (QED) is 0.744. The molecule has 1 N–H and O–H groups in total. The van der Waals surface area contributed by atoms with Gasteiger partial charge in [-0.05, 0) is 52.4 Å². The van der Waals surface area contributed by atoms with E-state index in [-0.39, 0.29) is 6.04 Å². The number of hydrogen-bond acceptors (Lipinski definition) is 7. The lowest BCUT2D eigenvalue weighted by Gasteiger charge is -2.25. The Labute approximate surface area is 156 Å². The van der Waals surface area contributed by atoms with Gasteiger partial charge in [0.2, 0.25) is 5.95 Å². The standard InChI is InChI=1S/C19H19N5O3/c1-25-13-9-7-12(8-10-13)15-11-16(24-19(20-15)21-22-23-24)14-5-4-6-17(26-2)18(14)27-3/h4-11,16H,1-3H3,(H,20,21,23)/t16-/m0/s1. The number of allylic oxidation sites excluding steroid dienone is 1. The third-order valence-corrected chi connectivity index (χ3v) is 4.48. The summed E-state index contributed by atoms with van der Waals surface area (Å²) in [5.41, 5.74) is 2.80. The summed E-state index contributed by atoms with van der Waals surface area (Å²) >= 11 is 0. The third-order valence-electron chi connectivity index (χ3n) is 4.48. The van der Waals surface area contributed by atoms with Gasteiger partial charge in [-0.3, -0.25) is 0 Å². The maximum atomic E-state index is 5.61. The summed E-state index contributed by atoms with van der Waals surface area (Å²) in [6, 6.07) is 13.3. The van der Waals surface area contributed by atoms with Crippen molar-refractivity contribution in [3.8, 4) is 17.2 Å². The van der Waals surface area contributed by atoms with Crippen LogP contribution in [0.4, 0.5) is 5.95 Å². The van der Waals surface area contributed by atoms with Gasteiger partial charge in [-0.15, -0.1) is 0 Å². The fourth-order valence-electron chi connectivity index (χ4n) is 3.16. The normalized spacial score (nSPS) is 15.4. The number of methoxy groups -OCH3 is 3. The lowest BCUT2D eigenvalue weighted by Crippen LogP contribution is -2.20. The highest BCUT2D eigenvalue weighted by molar-refractivity contribution is 5.77. The second-order valence-electron chi connectivity index (χ2n) is 5.91. The zero-order valence-corrected chi connectivity index (χ0v) is 15.2. The lowest BCUT2D eigenvalue weighted by molar-refractivity contribution is 0.348. The predicted molar refractivity (Wildman–Crippen MR) is 100 cm³/mol. The van der Waals surface area contributed by atoms with Crippen LogP contribution in [-0.4, -0.2) is 41.5 Å². The molecule has 0 saturated carbocycles. The Morgan fingerprint density at radius 2 is 1.78 bits per heavy atom. The van der Waals surface area contributed by atoms with Crippen LogP contribution in [0.1, 0.15) is 17.2 Å². The minimum Gasteiger partial charge on any atom is -0.497 e. The number of aromatic nitrogens is 4. The zero-order valence-electron chi connectivity index (χ0n) is 15.2. The molecule has 2 aromatic carbocycles. The number of benzene rings is 2. The topological polar surface area (TPSA) is 83.3 Å². The van der Waals surface area contributed by atoms with Crippen LogP contribution in [0.15, 0.2) is 48.5 Å². The van der Waals surface area contributed by atoms with E-state index in [1.54, 1.807) is 26.0 Å². The molecule has 4 rings (SSSR count). The summed E-state index contributed by atoms with van der Waals surface area (Å²) in [5.74, 6) is 2.66. The number of rotatable bonds is 5. The first-order valence-corrected chi connectivity index (χ1v) is 8.37. The number of hydrogen-bond donors (Lipinski definition) is 1. The average Bonchev–Trinajstić information content (AvgIpc) is 3.21. The fourth-order valence-corrected chi connectivity index (χ4v) is 3.16. The van der Waals surface area contributed by atoms with E-state index in [0.717, 1.165) is 22.6 Å². The maximum absolute atomic E-state index is 5.61. The van der Waals surface area contributed by atoms with Crippen molar-refractivity contribution in [1.82, 2.24) is 20.2 Å². The Morgan fingerprint density at radius 1 is 0.963 bits per heavy atom. The second kappa shape index (κ2) is 6.99. The summed E-state index contributed by atoms with van der Waals surface area (Å²) in [6.45, 7) is 0. The summed E-state index contributed by atoms with van der Waals surface area (Å²) in [4.78, 5) is 0. The largest absolute Gasteiger partial charge is 0.497 e. The molecule has 1 atom stereocenters. The Kier molecular flexibility index (Phi) is 4.37. The Morgan fingerprint density at radius 3 is 2.48 bits per heavy atom. The van der Waals surface area contributed by atoms with Crippen molar-refractivity contribution >= 4 is 11.6 Å². The van der Waals surface area contributed by atoms with Crippen molar-refractivity contribution in [2.24, 2.45) is 0 Å². The van der Waals surface area contributed by atoms with E-state index in [0.29, 0.717) is 17.4 Å². The van der Waals surface area contributed by atoms with Gasteiger partial charge in [0, 0.05) is 11.3 Å². The van der Waals surface area contributed by atoms with Gasteiger partial charge in [-0.1, -0.05) is 17.2 Å². The average molecular weight is 365 g/mol. The Bertz CT molecular complexity index is 981. The first kappa shape index (κ1) is 16.9. The minimum atomic E-state index is -0.251. The van der Waals surface area contributed by atoms with E-state index in [9.17, 15) is 0 Å². The molecule has 8 nitrogen and oxygen atoms in total. The van der Waals surface area contributed by atoms with Crippen LogP contribution in [0.3, 0.4) is 0 Å². The van der Waals surface area contributed by atoms with Crippen molar-refractivity contribution in [2.45, 2.75) is 6.04 Å². The number of ether oxygens (including phenoxy) is 3. The van der Waals surface area contributed by atoms with E-state index in [4.69, 9.17) is 14.2 Å². The second-order valence-corrected chi connectivity index (χ2v) is 5.91. The van der Waals surface area contributed by atoms with Gasteiger partial charge < -0.3 is 19.5 Å². The highest BCUT2D eigenvalue weighted by Crippen LogP contribution is 2.40. The molecule has 1 aliphatic heterocycles. The molecule has 138 valence electrons. The smallest absolute Gasteiger partial charge is 0.248 e.